The maximum Gasteiger partial charge on any atom is 0.0641 e. The van der Waals surface area contributed by atoms with Crippen LogP contribution in [-0.2, 0) is 0 Å². The van der Waals surface area contributed by atoms with Crippen molar-refractivity contribution in [1.29, 1.82) is 5.26 Å². The maximum absolute atomic E-state index is 8.65. The predicted octanol–water partition coefficient (Wildman–Crippen LogP) is 1.31. The lowest BCUT2D eigenvalue weighted by Crippen LogP contribution is -2.51. The van der Waals surface area contributed by atoms with Gasteiger partial charge in [-0.2, -0.15) is 5.26 Å². The van der Waals surface area contributed by atoms with Crippen LogP contribution in [0.3, 0.4) is 0 Å². The molecule has 1 fully saturated rings. The number of nitrogens with zero attached hydrogens (tertiary/aromatic N) is 1. The number of nitriles is 1. The monoisotopic (exact) mass is 167 g/mol. The van der Waals surface area contributed by atoms with Crippen LogP contribution in [0, 0.1) is 17.2 Å². The lowest BCUT2D eigenvalue weighted by molar-refractivity contribution is 0.239. The summed E-state index contributed by atoms with van der Waals surface area (Å²) in [5, 5.41) is 8.65. The summed E-state index contributed by atoms with van der Waals surface area (Å²) in [6, 6.07) is 2.19. The molecule has 1 rings (SSSR count). The highest BCUT2D eigenvalue weighted by molar-refractivity contribution is 4.97. The molecule has 1 aliphatic rings. The number of hydrazine groups is 1. The molecule has 1 aliphatic carbocycles. The largest absolute Gasteiger partial charge is 0.271 e. The summed E-state index contributed by atoms with van der Waals surface area (Å²) in [6.07, 6.45) is 5.50. The Balaban J connectivity index is 2.58. The van der Waals surface area contributed by atoms with Crippen LogP contribution < -0.4 is 11.3 Å². The van der Waals surface area contributed by atoms with E-state index < -0.39 is 0 Å². The molecule has 0 saturated heterocycles. The van der Waals surface area contributed by atoms with Gasteiger partial charge >= 0.3 is 0 Å². The Morgan fingerprint density at radius 3 is 2.58 bits per heavy atom. The van der Waals surface area contributed by atoms with E-state index in [0.717, 1.165) is 0 Å². The molecule has 1 unspecified atom stereocenters. The summed E-state index contributed by atoms with van der Waals surface area (Å²) in [4.78, 5) is 0. The van der Waals surface area contributed by atoms with Crippen LogP contribution in [0.25, 0.3) is 0 Å². The van der Waals surface area contributed by atoms with Crippen LogP contribution >= 0.6 is 0 Å². The molecule has 1 saturated carbocycles. The van der Waals surface area contributed by atoms with E-state index in [2.05, 4.69) is 11.5 Å². The van der Waals surface area contributed by atoms with Gasteiger partial charge in [-0.15, -0.1) is 0 Å². The van der Waals surface area contributed by atoms with Crippen LogP contribution in [0.4, 0.5) is 0 Å². The average molecular weight is 167 g/mol. The Hall–Kier alpha value is -0.590. The van der Waals surface area contributed by atoms with Crippen LogP contribution in [-0.4, -0.2) is 5.54 Å². The van der Waals surface area contributed by atoms with Gasteiger partial charge in [-0.25, -0.2) is 0 Å². The van der Waals surface area contributed by atoms with Gasteiger partial charge in [0.15, 0.2) is 0 Å². The number of hydrogen-bond donors (Lipinski definition) is 2. The van der Waals surface area contributed by atoms with Gasteiger partial charge in [0.25, 0.3) is 0 Å². The summed E-state index contributed by atoms with van der Waals surface area (Å²) in [5.41, 5.74) is 2.64. The van der Waals surface area contributed by atoms with E-state index in [0.29, 0.717) is 12.3 Å². The van der Waals surface area contributed by atoms with Crippen molar-refractivity contribution in [1.82, 2.24) is 5.43 Å². The molecule has 0 aromatic carbocycles. The van der Waals surface area contributed by atoms with Gasteiger partial charge in [-0.1, -0.05) is 12.8 Å². The molecule has 0 bridgehead atoms. The van der Waals surface area contributed by atoms with Crippen LogP contribution in [0.15, 0.2) is 0 Å². The molecule has 68 valence electrons. The summed E-state index contributed by atoms with van der Waals surface area (Å²) >= 11 is 0. The number of rotatable bonds is 3. The molecular weight excluding hydrogens is 150 g/mol. The maximum atomic E-state index is 8.65. The third-order valence-corrected chi connectivity index (χ3v) is 3.03. The van der Waals surface area contributed by atoms with E-state index >= 15 is 0 Å². The number of nitrogens with one attached hydrogen (secondary N) is 1. The van der Waals surface area contributed by atoms with Crippen LogP contribution in [0.5, 0.6) is 0 Å². The van der Waals surface area contributed by atoms with Crippen molar-refractivity contribution in [2.75, 3.05) is 0 Å². The minimum Gasteiger partial charge on any atom is -0.271 e. The van der Waals surface area contributed by atoms with Crippen molar-refractivity contribution in [3.05, 3.63) is 0 Å². The first-order chi connectivity index (χ1) is 5.73. The SMILES string of the molecule is CC(CC#N)(NN)C1CCCC1. The lowest BCUT2D eigenvalue weighted by Gasteiger charge is -2.32. The fraction of sp³-hybridized carbons (Fsp3) is 0.889. The van der Waals surface area contributed by atoms with Gasteiger partial charge in [0, 0.05) is 5.54 Å². The second-order valence-electron chi connectivity index (χ2n) is 3.88. The molecule has 0 aromatic rings. The average Bonchev–Trinajstić information content (AvgIpc) is 2.57. The summed E-state index contributed by atoms with van der Waals surface area (Å²) < 4.78 is 0. The van der Waals surface area contributed by atoms with E-state index in [9.17, 15) is 0 Å². The molecule has 0 spiro atoms. The first-order valence-corrected chi connectivity index (χ1v) is 4.57. The minimum absolute atomic E-state index is 0.161. The molecule has 3 nitrogen and oxygen atoms in total. The third-order valence-electron chi connectivity index (χ3n) is 3.03. The van der Waals surface area contributed by atoms with Crippen molar-refractivity contribution in [3.63, 3.8) is 0 Å². The molecule has 0 heterocycles. The molecule has 0 amide bonds. The van der Waals surface area contributed by atoms with Crippen molar-refractivity contribution in [2.45, 2.75) is 44.6 Å². The van der Waals surface area contributed by atoms with Gasteiger partial charge in [-0.05, 0) is 25.7 Å². The normalized spacial score (nSPS) is 23.4. The molecule has 1 atom stereocenters. The quantitative estimate of drug-likeness (QED) is 0.492. The van der Waals surface area contributed by atoms with Crippen molar-refractivity contribution >= 4 is 0 Å². The fourth-order valence-electron chi connectivity index (χ4n) is 2.04. The zero-order valence-electron chi connectivity index (χ0n) is 7.64. The van der Waals surface area contributed by atoms with E-state index in [4.69, 9.17) is 11.1 Å². The molecule has 0 radical (unpaired) electrons. The van der Waals surface area contributed by atoms with Crippen molar-refractivity contribution in [3.8, 4) is 6.07 Å². The molecular formula is C9H17N3. The van der Waals surface area contributed by atoms with Crippen molar-refractivity contribution < 1.29 is 0 Å². The Kier molecular flexibility index (Phi) is 3.07. The lowest BCUT2D eigenvalue weighted by atomic mass is 9.82. The molecule has 3 N–H and O–H groups in total. The van der Waals surface area contributed by atoms with Gasteiger partial charge < -0.3 is 0 Å². The second kappa shape index (κ2) is 3.88. The third kappa shape index (κ3) is 1.77. The van der Waals surface area contributed by atoms with E-state index in [-0.39, 0.29) is 5.54 Å². The molecule has 12 heavy (non-hydrogen) atoms. The van der Waals surface area contributed by atoms with Crippen molar-refractivity contribution in [2.24, 2.45) is 11.8 Å². The summed E-state index contributed by atoms with van der Waals surface area (Å²) in [6.45, 7) is 2.05. The van der Waals surface area contributed by atoms with Gasteiger partial charge in [-0.3, -0.25) is 11.3 Å². The van der Waals surface area contributed by atoms with Crippen LogP contribution in [0.2, 0.25) is 0 Å². The van der Waals surface area contributed by atoms with E-state index in [1.165, 1.54) is 25.7 Å². The highest BCUT2D eigenvalue weighted by atomic mass is 15.3. The number of hydrogen-bond acceptors (Lipinski definition) is 3. The highest BCUT2D eigenvalue weighted by Gasteiger charge is 2.34. The van der Waals surface area contributed by atoms with Gasteiger partial charge in [0.2, 0.25) is 0 Å². The van der Waals surface area contributed by atoms with E-state index in [1.807, 2.05) is 6.92 Å². The Bertz CT molecular complexity index is 179. The molecule has 3 heteroatoms. The standard InChI is InChI=1S/C9H17N3/c1-9(12-11,6-7-10)8-4-2-3-5-8/h8,12H,2-6,11H2,1H3. The predicted molar refractivity (Wildman–Crippen MR) is 47.9 cm³/mol. The Labute approximate surface area is 73.9 Å². The first-order valence-electron chi connectivity index (χ1n) is 4.57. The minimum atomic E-state index is -0.161. The second-order valence-corrected chi connectivity index (χ2v) is 3.88. The number of nitrogens with two attached hydrogens (primary N) is 1. The van der Waals surface area contributed by atoms with Gasteiger partial charge in [0.05, 0.1) is 12.5 Å². The van der Waals surface area contributed by atoms with Crippen LogP contribution in [0.1, 0.15) is 39.0 Å². The Morgan fingerprint density at radius 2 is 2.17 bits per heavy atom. The molecule has 0 aliphatic heterocycles. The van der Waals surface area contributed by atoms with Gasteiger partial charge in [0.1, 0.15) is 0 Å². The first kappa shape index (κ1) is 9.50. The summed E-state index contributed by atoms with van der Waals surface area (Å²) in [7, 11) is 0. The fourth-order valence-corrected chi connectivity index (χ4v) is 2.04. The zero-order chi connectivity index (χ0) is 9.03. The topological polar surface area (TPSA) is 61.8 Å². The summed E-state index contributed by atoms with van der Waals surface area (Å²) in [5.74, 6) is 6.06. The zero-order valence-corrected chi connectivity index (χ0v) is 7.64. The highest BCUT2D eigenvalue weighted by Crippen LogP contribution is 2.35. The Morgan fingerprint density at radius 1 is 1.58 bits per heavy atom. The smallest absolute Gasteiger partial charge is 0.0641 e. The van der Waals surface area contributed by atoms with E-state index in [1.54, 1.807) is 0 Å². The molecule has 0 aromatic heterocycles.